The smallest absolute Gasteiger partial charge is 0.329 e. The Morgan fingerprint density at radius 3 is 2.28 bits per heavy atom. The van der Waals surface area contributed by atoms with E-state index in [0.717, 1.165) is 114 Å². The third-order valence-corrected chi connectivity index (χ3v) is 15.7. The van der Waals surface area contributed by atoms with Crippen molar-refractivity contribution in [2.75, 3.05) is 45.8 Å². The van der Waals surface area contributed by atoms with Crippen molar-refractivity contribution in [2.24, 2.45) is 0 Å². The maximum absolute atomic E-state index is 14.4. The quantitative estimate of drug-likeness (QED) is 0.0364. The number of fused-ring (bicyclic) bond motifs is 1. The Labute approximate surface area is 461 Å². The van der Waals surface area contributed by atoms with Crippen LogP contribution in [0.5, 0.6) is 17.2 Å². The van der Waals surface area contributed by atoms with Gasteiger partial charge in [-0.05, 0) is 155 Å². The minimum atomic E-state index is -0.709. The van der Waals surface area contributed by atoms with Gasteiger partial charge in [0.25, 0.3) is 11.8 Å². The van der Waals surface area contributed by atoms with Gasteiger partial charge in [0.1, 0.15) is 35.4 Å². The zero-order chi connectivity index (χ0) is 55.7. The zero-order valence-corrected chi connectivity index (χ0v) is 46.8. The average molecular weight is 1070 g/mol. The van der Waals surface area contributed by atoms with Crippen molar-refractivity contribution in [3.05, 3.63) is 130 Å². The summed E-state index contributed by atoms with van der Waals surface area (Å²) in [6.45, 7) is 13.3. The molecule has 2 fully saturated rings. The molecule has 2 saturated heterocycles. The Hall–Kier alpha value is -7.16. The van der Waals surface area contributed by atoms with Gasteiger partial charge in [0.2, 0.25) is 11.8 Å². The number of methoxy groups -OCH3 is 2. The highest BCUT2D eigenvalue weighted by Crippen LogP contribution is 2.36. The number of ether oxygens (including phenoxy) is 4. The van der Waals surface area contributed by atoms with Crippen LogP contribution in [-0.2, 0) is 41.7 Å². The summed E-state index contributed by atoms with van der Waals surface area (Å²) in [5.41, 5.74) is 8.65. The number of aryl methyl sites for hydroxylation is 3. The number of amides is 4. The number of allylic oxidation sites excluding steroid dienone is 1. The number of unbranched alkanes of at least 4 members (excludes halogenated alkanes) is 6. The Balaban J connectivity index is 0.816. The number of carbonyl (C=O) groups excluding carboxylic acids is 6. The summed E-state index contributed by atoms with van der Waals surface area (Å²) in [6, 6.07) is 21.6. The average Bonchev–Trinajstić information content (AvgIpc) is 3.80. The number of hydrogen-bond acceptors (Lipinski definition) is 11. The Morgan fingerprint density at radius 2 is 1.56 bits per heavy atom. The molecule has 0 aromatic heterocycles. The summed E-state index contributed by atoms with van der Waals surface area (Å²) in [5, 5.41) is 8.98. The van der Waals surface area contributed by atoms with Gasteiger partial charge in [-0.3, -0.25) is 24.0 Å². The molecule has 15 heteroatoms. The van der Waals surface area contributed by atoms with Crippen molar-refractivity contribution < 1.29 is 47.7 Å². The predicted octanol–water partition coefficient (Wildman–Crippen LogP) is 10.5. The molecule has 4 atom stereocenters. The summed E-state index contributed by atoms with van der Waals surface area (Å²) in [4.78, 5) is 83.4. The molecular weight excluding hydrogens is 987 g/mol. The summed E-state index contributed by atoms with van der Waals surface area (Å²) >= 11 is 0. The molecule has 4 aromatic carbocycles. The number of rotatable bonds is 28. The van der Waals surface area contributed by atoms with Crippen molar-refractivity contribution in [3.63, 3.8) is 0 Å². The Bertz CT molecular complexity index is 2770. The van der Waals surface area contributed by atoms with Crippen LogP contribution in [0.25, 0.3) is 0 Å². The van der Waals surface area contributed by atoms with Crippen LogP contribution in [0.3, 0.4) is 0 Å². The van der Waals surface area contributed by atoms with Gasteiger partial charge in [-0.25, -0.2) is 4.79 Å². The normalized spacial score (nSPS) is 16.9. The molecule has 3 N–H and O–H groups in total. The van der Waals surface area contributed by atoms with Crippen LogP contribution in [0.15, 0.2) is 85.1 Å². The molecule has 1 unspecified atom stereocenters. The molecule has 418 valence electrons. The number of nitrogens with one attached hydrogen (secondary N) is 3. The van der Waals surface area contributed by atoms with Gasteiger partial charge < -0.3 is 44.7 Å². The lowest BCUT2D eigenvalue weighted by Crippen LogP contribution is -2.50. The fourth-order valence-electron chi connectivity index (χ4n) is 11.0. The summed E-state index contributed by atoms with van der Waals surface area (Å²) in [7, 11) is 3.29. The van der Waals surface area contributed by atoms with E-state index in [2.05, 4.69) is 34.7 Å². The summed E-state index contributed by atoms with van der Waals surface area (Å²) in [5.74, 6) is 0.673. The molecule has 0 aliphatic carbocycles. The van der Waals surface area contributed by atoms with Crippen LogP contribution in [-0.4, -0.2) is 97.7 Å². The SMILES string of the molecule is C=C1CCC(N2Cc3c(NCC(=O)CCCCCCCCCNC(=O)COc4ccc([C@@H](CCc5ccc(OC)c(C)c5)OC(=O)[C@@H]5CCCCN5C(=O)[C@@H](CC)c5cc(C)c(C)c(OC)c5)cc4)cccc3C2=O)C(=O)N1. The van der Waals surface area contributed by atoms with Crippen LogP contribution in [0.1, 0.15) is 165 Å². The standard InChI is InChI=1S/C63H81N5O10/c1-8-50(47-36-41(2)44(5)58(37-47)76-7)61(72)67-34-17-15-22-55(67)63(74)78-57(32-25-45-24-31-56(75-6)42(3)35-45)46-26-28-49(29-27-46)77-40-59(70)64-33-16-13-11-9-10-12-14-19-48(69)38-65-53-21-18-20-51-52(53)39-68(62(51)73)54-30-23-43(4)66-60(54)71/h18,20-21,24,26-29,31,35-37,50,54-55,57,65H,4,8-17,19,22-23,25,30,32-34,38-40H2,1-3,5-7H3,(H,64,70)(H,66,71)/t50-,54?,55-,57+/m0/s1. The molecule has 0 bridgehead atoms. The van der Waals surface area contributed by atoms with Crippen LogP contribution >= 0.6 is 0 Å². The van der Waals surface area contributed by atoms with E-state index in [0.29, 0.717) is 81.6 Å². The highest BCUT2D eigenvalue weighted by atomic mass is 16.5. The van der Waals surface area contributed by atoms with E-state index in [-0.39, 0.29) is 42.6 Å². The van der Waals surface area contributed by atoms with Gasteiger partial charge in [0.15, 0.2) is 12.4 Å². The lowest BCUT2D eigenvalue weighted by molar-refractivity contribution is -0.162. The molecular formula is C63H81N5O10. The number of likely N-dealkylation sites (tertiary alicyclic amines) is 1. The van der Waals surface area contributed by atoms with Gasteiger partial charge >= 0.3 is 5.97 Å². The number of piperidine rings is 2. The molecule has 15 nitrogen and oxygen atoms in total. The van der Waals surface area contributed by atoms with E-state index in [1.807, 2.05) is 64.1 Å². The molecule has 7 rings (SSSR count). The van der Waals surface area contributed by atoms with E-state index in [4.69, 9.17) is 18.9 Å². The van der Waals surface area contributed by atoms with Crippen molar-refractivity contribution in [1.82, 2.24) is 20.4 Å². The van der Waals surface area contributed by atoms with E-state index < -0.39 is 30.1 Å². The van der Waals surface area contributed by atoms with E-state index in [1.54, 1.807) is 48.3 Å². The molecule has 4 amide bonds. The fraction of sp³-hybridized carbons (Fsp3) is 0.492. The Morgan fingerprint density at radius 1 is 0.821 bits per heavy atom. The summed E-state index contributed by atoms with van der Waals surface area (Å²) < 4.78 is 23.5. The van der Waals surface area contributed by atoms with Gasteiger partial charge in [0.05, 0.1) is 26.7 Å². The number of ketones is 1. The van der Waals surface area contributed by atoms with Crippen molar-refractivity contribution in [1.29, 1.82) is 0 Å². The van der Waals surface area contributed by atoms with E-state index in [1.165, 1.54) is 0 Å². The maximum atomic E-state index is 14.4. The number of esters is 1. The van der Waals surface area contributed by atoms with Gasteiger partial charge in [-0.2, -0.15) is 0 Å². The second-order valence-electron chi connectivity index (χ2n) is 21.2. The molecule has 0 radical (unpaired) electrons. The van der Waals surface area contributed by atoms with Crippen molar-refractivity contribution >= 4 is 41.1 Å². The van der Waals surface area contributed by atoms with E-state index in [9.17, 15) is 28.8 Å². The first-order chi connectivity index (χ1) is 37.7. The van der Waals surface area contributed by atoms with Crippen LogP contribution in [0.4, 0.5) is 5.69 Å². The van der Waals surface area contributed by atoms with Gasteiger partial charge in [-0.15, -0.1) is 0 Å². The highest BCUT2D eigenvalue weighted by molar-refractivity contribution is 6.03. The van der Waals surface area contributed by atoms with Crippen molar-refractivity contribution in [3.8, 4) is 17.2 Å². The lowest BCUT2D eigenvalue weighted by Gasteiger charge is -2.37. The number of carbonyl (C=O) groups is 6. The topological polar surface area (TPSA) is 182 Å². The number of hydrogen-bond donors (Lipinski definition) is 3. The fourth-order valence-corrected chi connectivity index (χ4v) is 11.0. The third kappa shape index (κ3) is 15.3. The third-order valence-electron chi connectivity index (χ3n) is 15.7. The maximum Gasteiger partial charge on any atom is 0.329 e. The minimum absolute atomic E-state index is 0.0793. The number of benzene rings is 4. The first-order valence-corrected chi connectivity index (χ1v) is 28.2. The number of nitrogens with zero attached hydrogens (tertiary/aromatic N) is 2. The Kier molecular flexibility index (Phi) is 21.4. The lowest BCUT2D eigenvalue weighted by atomic mass is 9.90. The molecule has 0 saturated carbocycles. The molecule has 3 aliphatic heterocycles. The molecule has 0 spiro atoms. The predicted molar refractivity (Wildman–Crippen MR) is 302 cm³/mol. The van der Waals surface area contributed by atoms with Crippen LogP contribution < -0.4 is 30.2 Å². The second-order valence-corrected chi connectivity index (χ2v) is 21.2. The summed E-state index contributed by atoms with van der Waals surface area (Å²) in [6.07, 6.45) is 11.6. The second kappa shape index (κ2) is 28.5. The molecule has 78 heavy (non-hydrogen) atoms. The van der Waals surface area contributed by atoms with Crippen LogP contribution in [0.2, 0.25) is 0 Å². The zero-order valence-electron chi connectivity index (χ0n) is 46.8. The largest absolute Gasteiger partial charge is 0.496 e. The molecule has 4 aromatic rings. The van der Waals surface area contributed by atoms with Crippen LogP contribution in [0, 0.1) is 20.8 Å². The minimum Gasteiger partial charge on any atom is -0.496 e. The van der Waals surface area contributed by atoms with Gasteiger partial charge in [0, 0.05) is 48.6 Å². The highest BCUT2D eigenvalue weighted by Gasteiger charge is 2.40. The number of Topliss-reactive ketones (excluding diaryl/α,β-unsaturated/α-hetero) is 1. The van der Waals surface area contributed by atoms with Crippen molar-refractivity contribution in [2.45, 2.75) is 161 Å². The van der Waals surface area contributed by atoms with E-state index >= 15 is 0 Å². The molecule has 3 aliphatic rings. The number of anilines is 1. The first kappa shape index (κ1) is 58.5. The monoisotopic (exact) mass is 1070 g/mol. The first-order valence-electron chi connectivity index (χ1n) is 28.2. The molecule has 3 heterocycles. The van der Waals surface area contributed by atoms with Gasteiger partial charge in [-0.1, -0.05) is 82.0 Å².